The highest BCUT2D eigenvalue weighted by Gasteiger charge is 2.31. The molecule has 0 spiro atoms. The van der Waals surface area contributed by atoms with Crippen LogP contribution >= 0.6 is 0 Å². The fourth-order valence-electron chi connectivity index (χ4n) is 3.13. The van der Waals surface area contributed by atoms with Crippen LogP contribution < -0.4 is 5.32 Å². The maximum atomic E-state index is 3.67. The number of para-hydroxylation sites is 1. The van der Waals surface area contributed by atoms with Crippen LogP contribution in [0.15, 0.2) is 30.3 Å². The van der Waals surface area contributed by atoms with Crippen LogP contribution in [0.1, 0.15) is 25.7 Å². The third-order valence-electron chi connectivity index (χ3n) is 3.97. The number of benzene rings is 1. The fourth-order valence-corrected chi connectivity index (χ4v) is 3.13. The van der Waals surface area contributed by atoms with Gasteiger partial charge in [-0.05, 0) is 44.4 Å². The summed E-state index contributed by atoms with van der Waals surface area (Å²) in [5.74, 6) is 0. The topological polar surface area (TPSA) is 15.3 Å². The Morgan fingerprint density at radius 1 is 1.06 bits per heavy atom. The van der Waals surface area contributed by atoms with Crippen molar-refractivity contribution >= 4 is 5.69 Å². The van der Waals surface area contributed by atoms with Crippen molar-refractivity contribution < 1.29 is 0 Å². The molecule has 2 aliphatic rings. The standard InChI is InChI=1S/C14H20N2/c1-2-5-12(6-3-1)15-13-8-10-16-9-4-7-14(16)11-13/h1-3,5-6,13-15H,4,7-11H2. The molecule has 2 nitrogen and oxygen atoms in total. The van der Waals surface area contributed by atoms with E-state index in [9.17, 15) is 0 Å². The molecule has 2 saturated heterocycles. The summed E-state index contributed by atoms with van der Waals surface area (Å²) in [5, 5.41) is 3.67. The minimum atomic E-state index is 0.682. The van der Waals surface area contributed by atoms with Crippen LogP contribution in [-0.4, -0.2) is 30.1 Å². The van der Waals surface area contributed by atoms with E-state index in [1.165, 1.54) is 44.5 Å². The number of rotatable bonds is 2. The van der Waals surface area contributed by atoms with Gasteiger partial charge in [-0.1, -0.05) is 18.2 Å². The Morgan fingerprint density at radius 3 is 2.81 bits per heavy atom. The average Bonchev–Trinajstić information content (AvgIpc) is 2.77. The molecule has 3 rings (SSSR count). The third kappa shape index (κ3) is 2.07. The van der Waals surface area contributed by atoms with Gasteiger partial charge in [-0.2, -0.15) is 0 Å². The molecule has 0 aliphatic carbocycles. The molecule has 1 aromatic rings. The van der Waals surface area contributed by atoms with E-state index in [0.717, 1.165) is 6.04 Å². The van der Waals surface area contributed by atoms with Gasteiger partial charge in [-0.15, -0.1) is 0 Å². The van der Waals surface area contributed by atoms with Crippen LogP contribution in [0.5, 0.6) is 0 Å². The van der Waals surface area contributed by atoms with Crippen molar-refractivity contribution in [3.05, 3.63) is 30.3 Å². The molecule has 16 heavy (non-hydrogen) atoms. The second-order valence-corrected chi connectivity index (χ2v) is 5.06. The Kier molecular flexibility index (Phi) is 2.83. The summed E-state index contributed by atoms with van der Waals surface area (Å²) >= 11 is 0. The van der Waals surface area contributed by atoms with Gasteiger partial charge in [-0.25, -0.2) is 0 Å². The van der Waals surface area contributed by atoms with Crippen molar-refractivity contribution in [2.24, 2.45) is 0 Å². The van der Waals surface area contributed by atoms with E-state index < -0.39 is 0 Å². The van der Waals surface area contributed by atoms with E-state index >= 15 is 0 Å². The molecule has 2 atom stereocenters. The molecular formula is C14H20N2. The van der Waals surface area contributed by atoms with E-state index in [2.05, 4.69) is 40.5 Å². The molecule has 0 radical (unpaired) electrons. The summed E-state index contributed by atoms with van der Waals surface area (Å²) in [4.78, 5) is 2.67. The zero-order valence-corrected chi connectivity index (χ0v) is 9.73. The number of anilines is 1. The molecule has 2 heterocycles. The van der Waals surface area contributed by atoms with Gasteiger partial charge in [0.05, 0.1) is 0 Å². The zero-order chi connectivity index (χ0) is 10.8. The molecule has 0 amide bonds. The highest BCUT2D eigenvalue weighted by Crippen LogP contribution is 2.28. The first-order valence-corrected chi connectivity index (χ1v) is 6.47. The van der Waals surface area contributed by atoms with Gasteiger partial charge in [0.15, 0.2) is 0 Å². The van der Waals surface area contributed by atoms with E-state index in [1.807, 2.05) is 0 Å². The summed E-state index contributed by atoms with van der Waals surface area (Å²) < 4.78 is 0. The van der Waals surface area contributed by atoms with E-state index in [4.69, 9.17) is 0 Å². The minimum Gasteiger partial charge on any atom is -0.382 e. The van der Waals surface area contributed by atoms with E-state index in [1.54, 1.807) is 0 Å². The lowest BCUT2D eigenvalue weighted by molar-refractivity contribution is 0.188. The third-order valence-corrected chi connectivity index (χ3v) is 3.97. The van der Waals surface area contributed by atoms with Crippen LogP contribution in [0.3, 0.4) is 0 Å². The van der Waals surface area contributed by atoms with E-state index in [0.29, 0.717) is 6.04 Å². The average molecular weight is 216 g/mol. The lowest BCUT2D eigenvalue weighted by Crippen LogP contribution is -2.42. The van der Waals surface area contributed by atoms with Crippen molar-refractivity contribution in [2.75, 3.05) is 18.4 Å². The predicted molar refractivity (Wildman–Crippen MR) is 67.7 cm³/mol. The van der Waals surface area contributed by atoms with Crippen molar-refractivity contribution in [1.29, 1.82) is 0 Å². The lowest BCUT2D eigenvalue weighted by atomic mass is 9.97. The van der Waals surface area contributed by atoms with Crippen LogP contribution in [0.4, 0.5) is 5.69 Å². The summed E-state index contributed by atoms with van der Waals surface area (Å²) in [7, 11) is 0. The maximum absolute atomic E-state index is 3.67. The molecule has 86 valence electrons. The monoisotopic (exact) mass is 216 g/mol. The molecule has 2 unspecified atom stereocenters. The molecule has 1 N–H and O–H groups in total. The van der Waals surface area contributed by atoms with Gasteiger partial charge < -0.3 is 10.2 Å². The van der Waals surface area contributed by atoms with Crippen LogP contribution in [0.25, 0.3) is 0 Å². The summed E-state index contributed by atoms with van der Waals surface area (Å²) in [6.07, 6.45) is 5.44. The first-order chi connectivity index (χ1) is 7.92. The summed E-state index contributed by atoms with van der Waals surface area (Å²) in [6, 6.07) is 12.2. The van der Waals surface area contributed by atoms with Crippen molar-refractivity contribution in [2.45, 2.75) is 37.8 Å². The Hall–Kier alpha value is -1.02. The van der Waals surface area contributed by atoms with E-state index in [-0.39, 0.29) is 0 Å². The van der Waals surface area contributed by atoms with Crippen molar-refractivity contribution in [3.8, 4) is 0 Å². The quantitative estimate of drug-likeness (QED) is 0.817. The zero-order valence-electron chi connectivity index (χ0n) is 9.73. The number of hydrogen-bond donors (Lipinski definition) is 1. The predicted octanol–water partition coefficient (Wildman–Crippen LogP) is 2.73. The first kappa shape index (κ1) is 10.2. The van der Waals surface area contributed by atoms with Crippen LogP contribution in [-0.2, 0) is 0 Å². The van der Waals surface area contributed by atoms with Gasteiger partial charge in [0.1, 0.15) is 0 Å². The number of hydrogen-bond acceptors (Lipinski definition) is 2. The molecule has 0 bridgehead atoms. The SMILES string of the molecule is c1ccc(NC2CCN3CCCC3C2)cc1. The molecule has 0 saturated carbocycles. The largest absolute Gasteiger partial charge is 0.382 e. The molecule has 2 heteroatoms. The van der Waals surface area contributed by atoms with Gasteiger partial charge in [0.25, 0.3) is 0 Å². The van der Waals surface area contributed by atoms with Gasteiger partial charge in [0.2, 0.25) is 0 Å². The molecule has 1 aromatic carbocycles. The highest BCUT2D eigenvalue weighted by atomic mass is 15.2. The molecule has 2 fully saturated rings. The van der Waals surface area contributed by atoms with Gasteiger partial charge >= 0.3 is 0 Å². The van der Waals surface area contributed by atoms with Crippen molar-refractivity contribution in [3.63, 3.8) is 0 Å². The Labute approximate surface area is 97.6 Å². The number of piperidine rings is 1. The Bertz CT molecular complexity index is 336. The number of nitrogens with one attached hydrogen (secondary N) is 1. The molecule has 0 aromatic heterocycles. The van der Waals surface area contributed by atoms with Crippen LogP contribution in [0.2, 0.25) is 0 Å². The summed E-state index contributed by atoms with van der Waals surface area (Å²) in [5.41, 5.74) is 1.28. The smallest absolute Gasteiger partial charge is 0.0342 e. The second kappa shape index (κ2) is 4.46. The minimum absolute atomic E-state index is 0.682. The molecule has 2 aliphatic heterocycles. The Morgan fingerprint density at radius 2 is 1.94 bits per heavy atom. The maximum Gasteiger partial charge on any atom is 0.0342 e. The van der Waals surface area contributed by atoms with Gasteiger partial charge in [0, 0.05) is 24.3 Å². The van der Waals surface area contributed by atoms with Gasteiger partial charge in [-0.3, -0.25) is 0 Å². The number of nitrogens with zero attached hydrogens (tertiary/aromatic N) is 1. The highest BCUT2D eigenvalue weighted by molar-refractivity contribution is 5.43. The number of fused-ring (bicyclic) bond motifs is 1. The normalized spacial score (nSPS) is 30.0. The first-order valence-electron chi connectivity index (χ1n) is 6.47. The Balaban J connectivity index is 1.60. The van der Waals surface area contributed by atoms with Crippen molar-refractivity contribution in [1.82, 2.24) is 4.90 Å². The second-order valence-electron chi connectivity index (χ2n) is 5.06. The lowest BCUT2D eigenvalue weighted by Gasteiger charge is -2.35. The fraction of sp³-hybridized carbons (Fsp3) is 0.571. The molecular weight excluding hydrogens is 196 g/mol. The van der Waals surface area contributed by atoms with Crippen LogP contribution in [0, 0.1) is 0 Å². The summed E-state index contributed by atoms with van der Waals surface area (Å²) in [6.45, 7) is 2.62.